The number of amides is 1. The third-order valence-corrected chi connectivity index (χ3v) is 8.36. The van der Waals surface area contributed by atoms with Crippen molar-refractivity contribution < 1.29 is 22.0 Å². The van der Waals surface area contributed by atoms with Gasteiger partial charge in [0.05, 0.1) is 4.90 Å². The van der Waals surface area contributed by atoms with Crippen LogP contribution in [-0.4, -0.2) is 73.7 Å². The number of rotatable bonds is 4. The minimum atomic E-state index is -3.89. The number of halogens is 2. The van der Waals surface area contributed by atoms with Crippen LogP contribution >= 0.6 is 0 Å². The summed E-state index contributed by atoms with van der Waals surface area (Å²) in [4.78, 5) is 17.1. The Morgan fingerprint density at radius 1 is 0.931 bits per heavy atom. The molecule has 0 N–H and O–H groups in total. The van der Waals surface area contributed by atoms with Crippen LogP contribution in [0, 0.1) is 17.6 Å². The third kappa shape index (κ3) is 4.18. The van der Waals surface area contributed by atoms with Gasteiger partial charge in [-0.1, -0.05) is 0 Å². The number of piperidine rings is 1. The van der Waals surface area contributed by atoms with Crippen molar-refractivity contribution in [1.82, 2.24) is 14.1 Å². The maximum absolute atomic E-state index is 13.4. The van der Waals surface area contributed by atoms with E-state index in [1.807, 2.05) is 4.90 Å². The highest BCUT2D eigenvalue weighted by atomic mass is 32.2. The van der Waals surface area contributed by atoms with Gasteiger partial charge >= 0.3 is 0 Å². The van der Waals surface area contributed by atoms with Gasteiger partial charge in [-0.05, 0) is 63.4 Å². The highest BCUT2D eigenvalue weighted by Gasteiger charge is 2.37. The number of carbonyl (C=O) groups is 1. The van der Waals surface area contributed by atoms with Crippen LogP contribution in [0.2, 0.25) is 0 Å². The molecule has 1 unspecified atom stereocenters. The summed E-state index contributed by atoms with van der Waals surface area (Å²) >= 11 is 0. The minimum absolute atomic E-state index is 0.122. The highest BCUT2D eigenvalue weighted by Crippen LogP contribution is 2.28. The van der Waals surface area contributed by atoms with Crippen LogP contribution in [0.3, 0.4) is 0 Å². The van der Waals surface area contributed by atoms with Crippen LogP contribution in [-0.2, 0) is 14.8 Å². The molecule has 6 nitrogen and oxygen atoms in total. The van der Waals surface area contributed by atoms with E-state index in [9.17, 15) is 22.0 Å². The number of sulfonamides is 1. The lowest BCUT2D eigenvalue weighted by Gasteiger charge is -2.32. The number of hydrogen-bond donors (Lipinski definition) is 0. The smallest absolute Gasteiger partial charge is 0.243 e. The average Bonchev–Trinajstić information content (AvgIpc) is 3.41. The topological polar surface area (TPSA) is 60.9 Å². The maximum atomic E-state index is 13.4. The second-order valence-corrected chi connectivity index (χ2v) is 10.2. The SMILES string of the molecule is O=C(C1CCN(S(=O)(=O)c2ccc(F)c(F)c2)CC1)N1CCC(N2CCCC2)C1. The lowest BCUT2D eigenvalue weighted by atomic mass is 9.96. The van der Waals surface area contributed by atoms with E-state index in [-0.39, 0.29) is 29.8 Å². The molecule has 0 radical (unpaired) electrons. The molecule has 0 spiro atoms. The molecule has 9 heteroatoms. The lowest BCUT2D eigenvalue weighted by Crippen LogP contribution is -2.44. The zero-order valence-electron chi connectivity index (χ0n) is 16.4. The van der Waals surface area contributed by atoms with Crippen molar-refractivity contribution in [1.29, 1.82) is 0 Å². The fourth-order valence-electron chi connectivity index (χ4n) is 4.73. The van der Waals surface area contributed by atoms with Crippen molar-refractivity contribution in [3.63, 3.8) is 0 Å². The fourth-order valence-corrected chi connectivity index (χ4v) is 6.22. The van der Waals surface area contributed by atoms with E-state index in [1.54, 1.807) is 0 Å². The van der Waals surface area contributed by atoms with Crippen molar-refractivity contribution >= 4 is 15.9 Å². The second kappa shape index (κ2) is 8.28. The Labute approximate surface area is 170 Å². The van der Waals surface area contributed by atoms with Gasteiger partial charge in [0.2, 0.25) is 15.9 Å². The molecule has 1 amide bonds. The van der Waals surface area contributed by atoms with E-state index in [1.165, 1.54) is 17.1 Å². The van der Waals surface area contributed by atoms with Gasteiger partial charge in [0, 0.05) is 38.1 Å². The van der Waals surface area contributed by atoms with Gasteiger partial charge in [-0.15, -0.1) is 0 Å². The van der Waals surface area contributed by atoms with E-state index in [2.05, 4.69) is 4.90 Å². The van der Waals surface area contributed by atoms with Gasteiger partial charge in [-0.2, -0.15) is 4.31 Å². The van der Waals surface area contributed by atoms with Gasteiger partial charge in [0.1, 0.15) is 0 Å². The van der Waals surface area contributed by atoms with Gasteiger partial charge in [0.25, 0.3) is 0 Å². The van der Waals surface area contributed by atoms with E-state index in [0.717, 1.165) is 44.7 Å². The largest absolute Gasteiger partial charge is 0.341 e. The molecule has 3 aliphatic rings. The normalized spacial score (nSPS) is 25.0. The lowest BCUT2D eigenvalue weighted by molar-refractivity contribution is -0.135. The molecule has 0 bridgehead atoms. The van der Waals surface area contributed by atoms with Gasteiger partial charge in [-0.3, -0.25) is 9.69 Å². The molecule has 0 saturated carbocycles. The van der Waals surface area contributed by atoms with Crippen LogP contribution in [0.5, 0.6) is 0 Å². The van der Waals surface area contributed by atoms with Crippen LogP contribution in [0.1, 0.15) is 32.1 Å². The van der Waals surface area contributed by atoms with E-state index >= 15 is 0 Å². The summed E-state index contributed by atoms with van der Waals surface area (Å²) in [6.07, 6.45) is 4.37. The summed E-state index contributed by atoms with van der Waals surface area (Å²) in [5.74, 6) is -2.32. The molecule has 0 aromatic heterocycles. The first-order valence-electron chi connectivity index (χ1n) is 10.3. The van der Waals surface area contributed by atoms with Crippen LogP contribution in [0.15, 0.2) is 23.1 Å². The molecule has 1 atom stereocenters. The number of hydrogen-bond acceptors (Lipinski definition) is 4. The summed E-state index contributed by atoms with van der Waals surface area (Å²) in [6.45, 7) is 4.20. The Hall–Kier alpha value is -1.58. The monoisotopic (exact) mass is 427 g/mol. The van der Waals surface area contributed by atoms with Gasteiger partial charge in [-0.25, -0.2) is 17.2 Å². The summed E-state index contributed by atoms with van der Waals surface area (Å²) < 4.78 is 53.2. The molecule has 3 heterocycles. The summed E-state index contributed by atoms with van der Waals surface area (Å²) in [6, 6.07) is 3.07. The maximum Gasteiger partial charge on any atom is 0.243 e. The van der Waals surface area contributed by atoms with Crippen LogP contribution in [0.4, 0.5) is 8.78 Å². The predicted octanol–water partition coefficient (Wildman–Crippen LogP) is 2.06. The summed E-state index contributed by atoms with van der Waals surface area (Å²) in [5, 5.41) is 0. The first kappa shape index (κ1) is 20.7. The molecule has 29 heavy (non-hydrogen) atoms. The van der Waals surface area contributed by atoms with E-state index < -0.39 is 21.7 Å². The summed E-state index contributed by atoms with van der Waals surface area (Å²) in [7, 11) is -3.89. The quantitative estimate of drug-likeness (QED) is 0.738. The van der Waals surface area contributed by atoms with E-state index in [4.69, 9.17) is 0 Å². The Morgan fingerprint density at radius 2 is 1.62 bits per heavy atom. The number of nitrogens with zero attached hydrogens (tertiary/aromatic N) is 3. The zero-order chi connectivity index (χ0) is 20.6. The molecule has 3 fully saturated rings. The Morgan fingerprint density at radius 3 is 2.28 bits per heavy atom. The third-order valence-electron chi connectivity index (χ3n) is 6.46. The number of likely N-dealkylation sites (tertiary alicyclic amines) is 2. The highest BCUT2D eigenvalue weighted by molar-refractivity contribution is 7.89. The Bertz CT molecular complexity index is 866. The van der Waals surface area contributed by atoms with Crippen LogP contribution in [0.25, 0.3) is 0 Å². The van der Waals surface area contributed by atoms with Crippen LogP contribution < -0.4 is 0 Å². The molecule has 160 valence electrons. The molecule has 1 aromatic carbocycles. The molecular formula is C20H27F2N3O3S. The van der Waals surface area contributed by atoms with E-state index in [0.29, 0.717) is 24.9 Å². The molecule has 3 saturated heterocycles. The molecular weight excluding hydrogens is 400 g/mol. The molecule has 0 aliphatic carbocycles. The summed E-state index contributed by atoms with van der Waals surface area (Å²) in [5.41, 5.74) is 0. The van der Waals surface area contributed by atoms with Crippen molar-refractivity contribution in [2.24, 2.45) is 5.92 Å². The second-order valence-electron chi connectivity index (χ2n) is 8.22. The molecule has 3 aliphatic heterocycles. The first-order chi connectivity index (χ1) is 13.9. The minimum Gasteiger partial charge on any atom is -0.341 e. The predicted molar refractivity (Wildman–Crippen MR) is 104 cm³/mol. The Balaban J connectivity index is 1.34. The van der Waals surface area contributed by atoms with Gasteiger partial charge in [0.15, 0.2) is 11.6 Å². The van der Waals surface area contributed by atoms with Crippen molar-refractivity contribution in [3.8, 4) is 0 Å². The fraction of sp³-hybridized carbons (Fsp3) is 0.650. The standard InChI is InChI=1S/C20H27F2N3O3S/c21-18-4-3-17(13-19(18)22)29(27,28)25-11-5-15(6-12-25)20(26)24-10-7-16(14-24)23-8-1-2-9-23/h3-4,13,15-16H,1-2,5-12,14H2. The average molecular weight is 428 g/mol. The Kier molecular flexibility index (Phi) is 5.90. The molecule has 1 aromatic rings. The van der Waals surface area contributed by atoms with Crippen molar-refractivity contribution in [2.45, 2.75) is 43.0 Å². The number of carbonyl (C=O) groups excluding carboxylic acids is 1. The number of benzene rings is 1. The van der Waals surface area contributed by atoms with Gasteiger partial charge < -0.3 is 4.90 Å². The van der Waals surface area contributed by atoms with Crippen molar-refractivity contribution in [2.75, 3.05) is 39.3 Å². The molecule has 4 rings (SSSR count). The first-order valence-corrected chi connectivity index (χ1v) is 11.8. The zero-order valence-corrected chi connectivity index (χ0v) is 17.2. The van der Waals surface area contributed by atoms with Crippen molar-refractivity contribution in [3.05, 3.63) is 29.8 Å².